The van der Waals surface area contributed by atoms with Crippen molar-refractivity contribution in [3.63, 3.8) is 0 Å². The maximum atomic E-state index is 12.8. The third-order valence-electron chi connectivity index (χ3n) is 5.67. The minimum absolute atomic E-state index is 0.0512. The molecule has 1 aromatic heterocycles. The Kier molecular flexibility index (Phi) is 6.98. The van der Waals surface area contributed by atoms with Gasteiger partial charge in [0.1, 0.15) is 5.75 Å². The summed E-state index contributed by atoms with van der Waals surface area (Å²) in [4.78, 5) is 27.1. The first-order valence-corrected chi connectivity index (χ1v) is 11.8. The molecule has 0 spiro atoms. The first kappa shape index (κ1) is 22.8. The third-order valence-corrected chi connectivity index (χ3v) is 6.68. The Balaban J connectivity index is 1.32. The number of anilines is 1. The minimum Gasteiger partial charge on any atom is -0.497 e. The molecule has 1 atom stereocenters. The highest BCUT2D eigenvalue weighted by atomic mass is 32.2. The fourth-order valence-corrected chi connectivity index (χ4v) is 4.71. The molecule has 0 bridgehead atoms. The standard InChI is InChI=1S/C24H27N5O3S/c1-16(25-21(30)14-17-8-10-19(32-3)11-9-17)23-26-27-24(28(23)2)33-15-22(31)29-13-12-18-6-4-5-7-20(18)29/h4-11,16H,12-15H2,1-3H3,(H,25,30)/t16-/m0/s1. The molecule has 8 nitrogen and oxygen atoms in total. The Morgan fingerprint density at radius 1 is 1.15 bits per heavy atom. The number of thioether (sulfide) groups is 1. The Labute approximate surface area is 197 Å². The fourth-order valence-electron chi connectivity index (χ4n) is 3.92. The molecule has 1 aliphatic heterocycles. The van der Waals surface area contributed by atoms with Crippen molar-refractivity contribution in [2.75, 3.05) is 24.3 Å². The number of carbonyl (C=O) groups excluding carboxylic acids is 2. The van der Waals surface area contributed by atoms with Gasteiger partial charge in [-0.25, -0.2) is 0 Å². The number of nitrogens with one attached hydrogen (secondary N) is 1. The molecule has 0 fully saturated rings. The van der Waals surface area contributed by atoms with Crippen LogP contribution in [0.5, 0.6) is 5.75 Å². The summed E-state index contributed by atoms with van der Waals surface area (Å²) in [5.74, 6) is 1.62. The van der Waals surface area contributed by atoms with Crippen molar-refractivity contribution >= 4 is 29.3 Å². The maximum absolute atomic E-state index is 12.8. The van der Waals surface area contributed by atoms with E-state index in [0.29, 0.717) is 17.5 Å². The number of nitrogens with zero attached hydrogens (tertiary/aromatic N) is 4. The number of amides is 2. The number of ether oxygens (including phenoxy) is 1. The smallest absolute Gasteiger partial charge is 0.237 e. The summed E-state index contributed by atoms with van der Waals surface area (Å²) in [5, 5.41) is 12.1. The van der Waals surface area contributed by atoms with Gasteiger partial charge in [0, 0.05) is 19.3 Å². The van der Waals surface area contributed by atoms with Crippen molar-refractivity contribution < 1.29 is 14.3 Å². The average Bonchev–Trinajstić information content (AvgIpc) is 3.41. The third kappa shape index (κ3) is 5.19. The lowest BCUT2D eigenvalue weighted by atomic mass is 10.1. The van der Waals surface area contributed by atoms with E-state index in [9.17, 15) is 9.59 Å². The molecule has 0 saturated heterocycles. The molecule has 1 aliphatic rings. The Hall–Kier alpha value is -3.33. The maximum Gasteiger partial charge on any atom is 0.237 e. The quantitative estimate of drug-likeness (QED) is 0.515. The van der Waals surface area contributed by atoms with Crippen LogP contribution in [0.25, 0.3) is 0 Å². The molecule has 4 rings (SSSR count). The summed E-state index contributed by atoms with van der Waals surface area (Å²) in [6, 6.07) is 15.1. The molecule has 0 saturated carbocycles. The molecule has 3 aromatic rings. The highest BCUT2D eigenvalue weighted by molar-refractivity contribution is 7.99. The predicted octanol–water partition coefficient (Wildman–Crippen LogP) is 2.93. The number of fused-ring (bicyclic) bond motifs is 1. The van der Waals surface area contributed by atoms with Crippen LogP contribution < -0.4 is 15.0 Å². The highest BCUT2D eigenvalue weighted by Gasteiger charge is 2.25. The molecule has 9 heteroatoms. The molecule has 0 radical (unpaired) electrons. The van der Waals surface area contributed by atoms with Gasteiger partial charge >= 0.3 is 0 Å². The first-order chi connectivity index (χ1) is 16.0. The molecule has 2 amide bonds. The van der Waals surface area contributed by atoms with Crippen LogP contribution in [-0.2, 0) is 29.5 Å². The van der Waals surface area contributed by atoms with E-state index in [0.717, 1.165) is 23.4 Å². The van der Waals surface area contributed by atoms with Gasteiger partial charge in [-0.15, -0.1) is 10.2 Å². The van der Waals surface area contributed by atoms with E-state index in [-0.39, 0.29) is 30.0 Å². The van der Waals surface area contributed by atoms with E-state index < -0.39 is 0 Å². The van der Waals surface area contributed by atoms with E-state index in [2.05, 4.69) is 21.6 Å². The van der Waals surface area contributed by atoms with Crippen molar-refractivity contribution in [1.82, 2.24) is 20.1 Å². The normalized spacial score (nSPS) is 13.5. The SMILES string of the molecule is COc1ccc(CC(=O)N[C@@H](C)c2nnc(SCC(=O)N3CCc4ccccc43)n2C)cc1. The summed E-state index contributed by atoms with van der Waals surface area (Å²) in [6.07, 6.45) is 1.15. The van der Waals surface area contributed by atoms with Crippen LogP contribution in [0.3, 0.4) is 0 Å². The Morgan fingerprint density at radius 2 is 1.91 bits per heavy atom. The molecule has 172 valence electrons. The lowest BCUT2D eigenvalue weighted by Crippen LogP contribution is -2.30. The van der Waals surface area contributed by atoms with Gasteiger partial charge in [0.25, 0.3) is 0 Å². The number of methoxy groups -OCH3 is 1. The van der Waals surface area contributed by atoms with Crippen molar-refractivity contribution in [2.45, 2.75) is 31.0 Å². The second-order valence-electron chi connectivity index (χ2n) is 7.93. The zero-order chi connectivity index (χ0) is 23.4. The number of carbonyl (C=O) groups is 2. The van der Waals surface area contributed by atoms with E-state index >= 15 is 0 Å². The number of rotatable bonds is 8. The summed E-state index contributed by atoms with van der Waals surface area (Å²) >= 11 is 1.35. The minimum atomic E-state index is -0.316. The lowest BCUT2D eigenvalue weighted by Gasteiger charge is -2.17. The van der Waals surface area contributed by atoms with Crippen LogP contribution in [0.2, 0.25) is 0 Å². The zero-order valence-corrected chi connectivity index (χ0v) is 19.8. The second-order valence-corrected chi connectivity index (χ2v) is 8.87. The van der Waals surface area contributed by atoms with Gasteiger partial charge < -0.3 is 19.5 Å². The van der Waals surface area contributed by atoms with Crippen LogP contribution in [0, 0.1) is 0 Å². The topological polar surface area (TPSA) is 89.3 Å². The molecular formula is C24H27N5O3S. The molecular weight excluding hydrogens is 438 g/mol. The monoisotopic (exact) mass is 465 g/mol. The fraction of sp³-hybridized carbons (Fsp3) is 0.333. The molecule has 0 unspecified atom stereocenters. The van der Waals surface area contributed by atoms with Crippen LogP contribution in [0.4, 0.5) is 5.69 Å². The Bertz CT molecular complexity index is 1150. The zero-order valence-electron chi connectivity index (χ0n) is 18.9. The van der Waals surface area contributed by atoms with Crippen LogP contribution in [0.15, 0.2) is 53.7 Å². The van der Waals surface area contributed by atoms with Gasteiger partial charge in [-0.05, 0) is 42.7 Å². The molecule has 0 aliphatic carbocycles. The first-order valence-electron chi connectivity index (χ1n) is 10.8. The van der Waals surface area contributed by atoms with Crippen molar-refractivity contribution in [2.24, 2.45) is 7.05 Å². The highest BCUT2D eigenvalue weighted by Crippen LogP contribution is 2.29. The second kappa shape index (κ2) is 10.1. The van der Waals surface area contributed by atoms with Crippen LogP contribution in [0.1, 0.15) is 29.9 Å². The van der Waals surface area contributed by atoms with Gasteiger partial charge in [-0.1, -0.05) is 42.1 Å². The number of benzene rings is 2. The molecule has 2 aromatic carbocycles. The van der Waals surface area contributed by atoms with E-state index in [1.807, 2.05) is 65.9 Å². The number of para-hydroxylation sites is 1. The number of hydrogen-bond donors (Lipinski definition) is 1. The van der Waals surface area contributed by atoms with Crippen molar-refractivity contribution in [3.8, 4) is 5.75 Å². The predicted molar refractivity (Wildman–Crippen MR) is 127 cm³/mol. The summed E-state index contributed by atoms with van der Waals surface area (Å²) < 4.78 is 6.97. The van der Waals surface area contributed by atoms with E-state index in [1.54, 1.807) is 7.11 Å². The Morgan fingerprint density at radius 3 is 2.67 bits per heavy atom. The number of aromatic nitrogens is 3. The molecule has 2 heterocycles. The molecule has 33 heavy (non-hydrogen) atoms. The lowest BCUT2D eigenvalue weighted by molar-refractivity contribution is -0.121. The summed E-state index contributed by atoms with van der Waals surface area (Å²) in [7, 11) is 3.46. The number of hydrogen-bond acceptors (Lipinski definition) is 6. The average molecular weight is 466 g/mol. The van der Waals surface area contributed by atoms with Crippen LogP contribution >= 0.6 is 11.8 Å². The summed E-state index contributed by atoms with van der Waals surface area (Å²) in [5.41, 5.74) is 3.10. The van der Waals surface area contributed by atoms with Gasteiger partial charge in [-0.2, -0.15) is 0 Å². The molecule has 1 N–H and O–H groups in total. The van der Waals surface area contributed by atoms with Gasteiger partial charge in [0.2, 0.25) is 11.8 Å². The largest absolute Gasteiger partial charge is 0.497 e. The van der Waals surface area contributed by atoms with E-state index in [4.69, 9.17) is 4.74 Å². The van der Waals surface area contributed by atoms with Gasteiger partial charge in [0.15, 0.2) is 11.0 Å². The van der Waals surface area contributed by atoms with Gasteiger partial charge in [-0.3, -0.25) is 9.59 Å². The van der Waals surface area contributed by atoms with Crippen LogP contribution in [-0.4, -0.2) is 46.0 Å². The van der Waals surface area contributed by atoms with E-state index in [1.165, 1.54) is 17.3 Å². The van der Waals surface area contributed by atoms with Crippen molar-refractivity contribution in [3.05, 3.63) is 65.5 Å². The van der Waals surface area contributed by atoms with Gasteiger partial charge in [0.05, 0.1) is 25.3 Å². The van der Waals surface area contributed by atoms with Crippen molar-refractivity contribution in [1.29, 1.82) is 0 Å². The summed E-state index contributed by atoms with van der Waals surface area (Å²) in [6.45, 7) is 2.58.